The van der Waals surface area contributed by atoms with Gasteiger partial charge in [-0.1, -0.05) is 11.6 Å². The van der Waals surface area contributed by atoms with E-state index in [0.29, 0.717) is 40.9 Å². The standard InChI is InChI=1S/C21H23ClN2O4/c1-27-17-9-10-19(28-2)18(12-17)23-20(25)15-4-3-11-24(13-15)21(26)14-5-7-16(22)8-6-14/h5-10,12,15H,3-4,11,13H2,1-2H3,(H,23,25)/t15-/m1/s1. The van der Waals surface area contributed by atoms with Gasteiger partial charge in [0, 0.05) is 29.7 Å². The van der Waals surface area contributed by atoms with E-state index in [0.717, 1.165) is 12.8 Å². The van der Waals surface area contributed by atoms with Crippen molar-refractivity contribution in [1.82, 2.24) is 4.90 Å². The molecule has 0 aliphatic carbocycles. The Morgan fingerprint density at radius 1 is 1.11 bits per heavy atom. The number of anilines is 1. The van der Waals surface area contributed by atoms with Crippen molar-refractivity contribution in [2.24, 2.45) is 5.92 Å². The summed E-state index contributed by atoms with van der Waals surface area (Å²) in [5.74, 6) is 0.660. The third-order valence-electron chi connectivity index (χ3n) is 4.84. The molecule has 2 aromatic carbocycles. The fourth-order valence-electron chi connectivity index (χ4n) is 3.30. The number of rotatable bonds is 5. The van der Waals surface area contributed by atoms with Crippen LogP contribution in [0.3, 0.4) is 0 Å². The molecule has 0 aromatic heterocycles. The zero-order valence-electron chi connectivity index (χ0n) is 15.9. The number of methoxy groups -OCH3 is 2. The smallest absolute Gasteiger partial charge is 0.253 e. The molecule has 148 valence electrons. The number of piperidine rings is 1. The third-order valence-corrected chi connectivity index (χ3v) is 5.09. The molecule has 2 amide bonds. The maximum Gasteiger partial charge on any atom is 0.253 e. The Bertz CT molecular complexity index is 854. The topological polar surface area (TPSA) is 67.9 Å². The van der Waals surface area contributed by atoms with Gasteiger partial charge in [0.15, 0.2) is 0 Å². The van der Waals surface area contributed by atoms with Crippen LogP contribution in [0, 0.1) is 5.92 Å². The Labute approximate surface area is 169 Å². The number of carbonyl (C=O) groups is 2. The van der Waals surface area contributed by atoms with Crippen molar-refractivity contribution in [3.63, 3.8) is 0 Å². The van der Waals surface area contributed by atoms with Crippen molar-refractivity contribution in [1.29, 1.82) is 0 Å². The fourth-order valence-corrected chi connectivity index (χ4v) is 3.42. The second-order valence-corrected chi connectivity index (χ2v) is 7.09. The van der Waals surface area contributed by atoms with Crippen LogP contribution in [-0.2, 0) is 4.79 Å². The Balaban J connectivity index is 1.69. The molecule has 1 heterocycles. The van der Waals surface area contributed by atoms with Crippen LogP contribution >= 0.6 is 11.6 Å². The molecule has 0 bridgehead atoms. The highest BCUT2D eigenvalue weighted by Gasteiger charge is 2.29. The van der Waals surface area contributed by atoms with E-state index < -0.39 is 0 Å². The normalized spacial score (nSPS) is 16.4. The summed E-state index contributed by atoms with van der Waals surface area (Å²) in [4.78, 5) is 27.3. The number of amides is 2. The largest absolute Gasteiger partial charge is 0.497 e. The summed E-state index contributed by atoms with van der Waals surface area (Å²) in [5, 5.41) is 3.50. The highest BCUT2D eigenvalue weighted by atomic mass is 35.5. The third kappa shape index (κ3) is 4.57. The summed E-state index contributed by atoms with van der Waals surface area (Å²) in [6, 6.07) is 12.0. The molecule has 2 aromatic rings. The molecule has 7 heteroatoms. The van der Waals surface area contributed by atoms with E-state index in [1.54, 1.807) is 61.6 Å². The summed E-state index contributed by atoms with van der Waals surface area (Å²) >= 11 is 5.89. The lowest BCUT2D eigenvalue weighted by Gasteiger charge is -2.32. The van der Waals surface area contributed by atoms with E-state index in [1.165, 1.54) is 0 Å². The van der Waals surface area contributed by atoms with Crippen LogP contribution in [0.4, 0.5) is 5.69 Å². The van der Waals surface area contributed by atoms with Crippen molar-refractivity contribution >= 4 is 29.1 Å². The lowest BCUT2D eigenvalue weighted by Crippen LogP contribution is -2.43. The van der Waals surface area contributed by atoms with E-state index >= 15 is 0 Å². The van der Waals surface area contributed by atoms with Gasteiger partial charge < -0.3 is 19.7 Å². The molecule has 28 heavy (non-hydrogen) atoms. The van der Waals surface area contributed by atoms with Crippen LogP contribution in [0.15, 0.2) is 42.5 Å². The van der Waals surface area contributed by atoms with Crippen molar-refractivity contribution in [2.45, 2.75) is 12.8 Å². The van der Waals surface area contributed by atoms with Gasteiger partial charge in [-0.15, -0.1) is 0 Å². The Hall–Kier alpha value is -2.73. The molecule has 1 atom stereocenters. The maximum atomic E-state index is 12.8. The first-order chi connectivity index (χ1) is 13.5. The minimum Gasteiger partial charge on any atom is -0.497 e. The molecule has 0 saturated carbocycles. The Kier molecular flexibility index (Phi) is 6.41. The van der Waals surface area contributed by atoms with Crippen molar-refractivity contribution < 1.29 is 19.1 Å². The fraction of sp³-hybridized carbons (Fsp3) is 0.333. The van der Waals surface area contributed by atoms with E-state index in [-0.39, 0.29) is 17.7 Å². The second-order valence-electron chi connectivity index (χ2n) is 6.65. The monoisotopic (exact) mass is 402 g/mol. The predicted octanol–water partition coefficient (Wildman–Crippen LogP) is 3.85. The number of benzene rings is 2. The maximum absolute atomic E-state index is 12.8. The first kappa shape index (κ1) is 20.0. The van der Waals surface area contributed by atoms with Gasteiger partial charge in [-0.05, 0) is 49.2 Å². The SMILES string of the molecule is COc1ccc(OC)c(NC(=O)[C@@H]2CCCN(C(=O)c3ccc(Cl)cc3)C2)c1. The summed E-state index contributed by atoms with van der Waals surface area (Å²) < 4.78 is 10.5. The van der Waals surface area contributed by atoms with Gasteiger partial charge >= 0.3 is 0 Å². The van der Waals surface area contributed by atoms with Crippen molar-refractivity contribution in [3.05, 3.63) is 53.1 Å². The van der Waals surface area contributed by atoms with Crippen LogP contribution in [0.1, 0.15) is 23.2 Å². The molecule has 1 N–H and O–H groups in total. The Morgan fingerprint density at radius 2 is 1.86 bits per heavy atom. The average molecular weight is 403 g/mol. The summed E-state index contributed by atoms with van der Waals surface area (Å²) in [5.41, 5.74) is 1.12. The molecule has 3 rings (SSSR count). The number of nitrogens with one attached hydrogen (secondary N) is 1. The molecule has 0 unspecified atom stereocenters. The number of hydrogen-bond donors (Lipinski definition) is 1. The zero-order valence-corrected chi connectivity index (χ0v) is 16.7. The van der Waals surface area contributed by atoms with Crippen LogP contribution < -0.4 is 14.8 Å². The number of carbonyl (C=O) groups excluding carboxylic acids is 2. The Morgan fingerprint density at radius 3 is 2.54 bits per heavy atom. The van der Waals surface area contributed by atoms with Crippen LogP contribution in [0.5, 0.6) is 11.5 Å². The van der Waals surface area contributed by atoms with Gasteiger partial charge in [-0.25, -0.2) is 0 Å². The molecule has 1 aliphatic rings. The number of nitrogens with zero attached hydrogens (tertiary/aromatic N) is 1. The predicted molar refractivity (Wildman–Crippen MR) is 108 cm³/mol. The number of hydrogen-bond acceptors (Lipinski definition) is 4. The molecular formula is C21H23ClN2O4. The molecule has 0 radical (unpaired) electrons. The number of halogens is 1. The van der Waals surface area contributed by atoms with Gasteiger partial charge in [0.2, 0.25) is 5.91 Å². The molecule has 6 nitrogen and oxygen atoms in total. The van der Waals surface area contributed by atoms with Gasteiger partial charge in [-0.3, -0.25) is 9.59 Å². The summed E-state index contributed by atoms with van der Waals surface area (Å²) in [7, 11) is 3.11. The quantitative estimate of drug-likeness (QED) is 0.824. The van der Waals surface area contributed by atoms with E-state index in [2.05, 4.69) is 5.32 Å². The molecule has 1 aliphatic heterocycles. The number of likely N-dealkylation sites (tertiary alicyclic amines) is 1. The summed E-state index contributed by atoms with van der Waals surface area (Å²) in [6.07, 6.45) is 1.50. The highest BCUT2D eigenvalue weighted by molar-refractivity contribution is 6.30. The lowest BCUT2D eigenvalue weighted by atomic mass is 9.96. The molecular weight excluding hydrogens is 380 g/mol. The first-order valence-electron chi connectivity index (χ1n) is 9.09. The second kappa shape index (κ2) is 8.97. The first-order valence-corrected chi connectivity index (χ1v) is 9.47. The minimum atomic E-state index is -0.291. The minimum absolute atomic E-state index is 0.0897. The van der Waals surface area contributed by atoms with Crippen LogP contribution in [0.25, 0.3) is 0 Å². The van der Waals surface area contributed by atoms with E-state index in [4.69, 9.17) is 21.1 Å². The molecule has 1 fully saturated rings. The summed E-state index contributed by atoms with van der Waals surface area (Å²) in [6.45, 7) is 1.01. The van der Waals surface area contributed by atoms with E-state index in [1.807, 2.05) is 0 Å². The van der Waals surface area contributed by atoms with Crippen LogP contribution in [-0.4, -0.2) is 44.0 Å². The van der Waals surface area contributed by atoms with Gasteiger partial charge in [0.25, 0.3) is 5.91 Å². The highest BCUT2D eigenvalue weighted by Crippen LogP contribution is 2.30. The average Bonchev–Trinajstić information content (AvgIpc) is 2.73. The van der Waals surface area contributed by atoms with Crippen LogP contribution in [0.2, 0.25) is 5.02 Å². The lowest BCUT2D eigenvalue weighted by molar-refractivity contribution is -0.121. The number of ether oxygens (including phenoxy) is 2. The van der Waals surface area contributed by atoms with Crippen molar-refractivity contribution in [3.8, 4) is 11.5 Å². The van der Waals surface area contributed by atoms with Gasteiger partial charge in [0.05, 0.1) is 25.8 Å². The van der Waals surface area contributed by atoms with Gasteiger partial charge in [-0.2, -0.15) is 0 Å². The molecule has 0 spiro atoms. The van der Waals surface area contributed by atoms with Crippen molar-refractivity contribution in [2.75, 3.05) is 32.6 Å². The van der Waals surface area contributed by atoms with E-state index in [9.17, 15) is 9.59 Å². The van der Waals surface area contributed by atoms with Gasteiger partial charge in [0.1, 0.15) is 11.5 Å². The zero-order chi connectivity index (χ0) is 20.1. The molecule has 1 saturated heterocycles.